The molecule has 6 fully saturated rings. The van der Waals surface area contributed by atoms with E-state index in [1.165, 1.54) is 28.1 Å². The van der Waals surface area contributed by atoms with Crippen LogP contribution in [0.5, 0.6) is 0 Å². The number of nitrogens with one attached hydrogen (secondary N) is 2. The van der Waals surface area contributed by atoms with Gasteiger partial charge in [0.15, 0.2) is 0 Å². The van der Waals surface area contributed by atoms with Gasteiger partial charge in [-0.3, -0.25) is 23.9 Å². The zero-order chi connectivity index (χ0) is 50.3. The largest absolute Gasteiger partial charge is 0.391 e. The third kappa shape index (κ3) is 8.65. The molecule has 4 aliphatic carbocycles. The van der Waals surface area contributed by atoms with E-state index in [2.05, 4.69) is 65.4 Å². The number of carbonyl (C=O) groups excluding carboxylic acids is 2. The van der Waals surface area contributed by atoms with E-state index in [0.717, 1.165) is 134 Å². The van der Waals surface area contributed by atoms with Crippen molar-refractivity contribution < 1.29 is 19.6 Å². The third-order valence-corrected chi connectivity index (χ3v) is 19.8. The second-order valence-corrected chi connectivity index (χ2v) is 25.4. The van der Waals surface area contributed by atoms with Crippen LogP contribution in [-0.2, 0) is 15.0 Å². The highest BCUT2D eigenvalue weighted by atomic mass is 79.9. The minimum atomic E-state index is -0.932. The van der Waals surface area contributed by atoms with Crippen molar-refractivity contribution in [3.05, 3.63) is 114 Å². The van der Waals surface area contributed by atoms with E-state index >= 15 is 0 Å². The number of benzene rings is 3. The van der Waals surface area contributed by atoms with Crippen LogP contribution in [0.1, 0.15) is 158 Å². The summed E-state index contributed by atoms with van der Waals surface area (Å²) in [5.74, 6) is 0.997. The molecule has 12 rings (SSSR count). The van der Waals surface area contributed by atoms with Crippen molar-refractivity contribution in [2.45, 2.75) is 160 Å². The van der Waals surface area contributed by atoms with Crippen LogP contribution in [-0.4, -0.2) is 90.6 Å². The van der Waals surface area contributed by atoms with Gasteiger partial charge in [0.05, 0.1) is 62.1 Å². The number of carbonyl (C=O) groups is 2. The quantitative estimate of drug-likeness (QED) is 0.0867. The summed E-state index contributed by atoms with van der Waals surface area (Å²) in [5.41, 5.74) is 11.3. The van der Waals surface area contributed by atoms with Gasteiger partial charge in [-0.15, -0.1) is 16.8 Å². The Morgan fingerprint density at radius 3 is 2.33 bits per heavy atom. The molecule has 13 nitrogen and oxygen atoms in total. The lowest BCUT2D eigenvalue weighted by Gasteiger charge is -2.54. The maximum atomic E-state index is 14.6. The van der Waals surface area contributed by atoms with Crippen LogP contribution in [0.3, 0.4) is 0 Å². The molecule has 0 radical (unpaired) electrons. The first-order valence-corrected chi connectivity index (χ1v) is 28.3. The predicted molar refractivity (Wildman–Crippen MR) is 285 cm³/mol. The van der Waals surface area contributed by atoms with Crippen molar-refractivity contribution in [3.63, 3.8) is 0 Å². The van der Waals surface area contributed by atoms with Gasteiger partial charge in [0.1, 0.15) is 22.8 Å². The highest BCUT2D eigenvalue weighted by molar-refractivity contribution is 9.10. The topological polar surface area (TPSA) is 153 Å². The van der Waals surface area contributed by atoms with E-state index in [-0.39, 0.29) is 47.2 Å². The van der Waals surface area contributed by atoms with E-state index in [1.54, 1.807) is 11.3 Å². The third-order valence-electron chi connectivity index (χ3n) is 18.2. The van der Waals surface area contributed by atoms with Crippen LogP contribution in [0.15, 0.2) is 75.4 Å². The van der Waals surface area contributed by atoms with Crippen LogP contribution in [0.2, 0.25) is 0 Å². The number of nitroso groups, excluding NO2 is 1. The fourth-order valence-corrected chi connectivity index (χ4v) is 15.2. The molecular formula is C57H70BrN8O5S+. The summed E-state index contributed by atoms with van der Waals surface area (Å²) in [6.45, 7) is 12.9. The van der Waals surface area contributed by atoms with Gasteiger partial charge >= 0.3 is 6.17 Å². The van der Waals surface area contributed by atoms with Gasteiger partial charge in [-0.2, -0.15) is 4.98 Å². The Bertz CT molecular complexity index is 2960. The van der Waals surface area contributed by atoms with Gasteiger partial charge in [-0.05, 0) is 164 Å². The number of hydrogen-bond donors (Lipinski definition) is 3. The number of aliphatic hydroxyl groups excluding tert-OH is 1. The van der Waals surface area contributed by atoms with Gasteiger partial charge < -0.3 is 15.3 Å². The summed E-state index contributed by atoms with van der Waals surface area (Å²) in [4.78, 5) is 71.8. The van der Waals surface area contributed by atoms with Gasteiger partial charge in [0, 0.05) is 16.4 Å². The molecule has 2 amide bonds. The zero-order valence-corrected chi connectivity index (χ0v) is 44.9. The first kappa shape index (κ1) is 49.4. The number of rotatable bonds is 11. The second-order valence-electron chi connectivity index (χ2n) is 23.7. The van der Waals surface area contributed by atoms with Gasteiger partial charge in [0.25, 0.3) is 11.5 Å². The number of β-amino-alcohol motifs (C(OH)–C–C–N with tert-alkyl or cyclic N) is 1. The van der Waals surface area contributed by atoms with E-state index in [4.69, 9.17) is 4.98 Å². The Kier molecular flexibility index (Phi) is 12.9. The lowest BCUT2D eigenvalue weighted by Crippen LogP contribution is -2.61. The first-order valence-electron chi connectivity index (χ1n) is 26.6. The van der Waals surface area contributed by atoms with Crippen molar-refractivity contribution in [3.8, 4) is 16.1 Å². The lowest BCUT2D eigenvalue weighted by molar-refractivity contribution is -0.660. The monoisotopic (exact) mass is 1060 g/mol. The summed E-state index contributed by atoms with van der Waals surface area (Å²) in [6.07, 6.45) is 11.4. The zero-order valence-electron chi connectivity index (χ0n) is 42.5. The molecule has 2 saturated heterocycles. The molecule has 4 saturated carbocycles. The maximum Gasteiger partial charge on any atom is 0.313 e. The number of thiazole rings is 1. The molecule has 3 N–H and O–H groups in total. The number of piperidine rings is 1. The molecule has 7 aliphatic rings. The minimum Gasteiger partial charge on any atom is -0.391 e. The smallest absolute Gasteiger partial charge is 0.313 e. The standard InChI is InChI=1S/C57H69BrN8O5S/c1-35(37-12-14-39(15-13-37)48-36(2)59-34-72-48)62-66(71)46-31-41(67)32-64(46)51(69)49(54(3,4)5)60-53(70)56-25-22-55(23-26-56,24-27-56)33-63-28-18-38(19-29-63)40-16-17-44-42(30-40)57(20-7-6-8-21-57)52-61-50(68)47-43(58)10-9-11-45(47)65(44)52/h9-17,30,34-35,38,41,46,49,67H,6-8,18-29,31-33H2,1-5H3,(H-,60,62,70,71)/p+1/t35-,41+,46+,49+,55?,56?/m0/s1. The van der Waals surface area contributed by atoms with E-state index in [0.29, 0.717) is 16.2 Å². The van der Waals surface area contributed by atoms with Crippen LogP contribution < -0.4 is 16.3 Å². The fourth-order valence-electron chi connectivity index (χ4n) is 13.9. The van der Waals surface area contributed by atoms with E-state index < -0.39 is 29.1 Å². The van der Waals surface area contributed by atoms with Crippen molar-refractivity contribution in [2.24, 2.45) is 16.2 Å². The molecule has 72 heavy (non-hydrogen) atoms. The fraction of sp³-hybridized carbons (Fsp3) is 0.561. The molecule has 380 valence electrons. The van der Waals surface area contributed by atoms with Crippen LogP contribution in [0, 0.1) is 28.1 Å². The number of nitrogens with zero attached hydrogens (tertiary/aromatic N) is 6. The molecule has 4 atom stereocenters. The normalized spacial score (nSPS) is 25.8. The van der Waals surface area contributed by atoms with Crippen LogP contribution in [0.4, 0.5) is 0 Å². The summed E-state index contributed by atoms with van der Waals surface area (Å²) in [5, 5.41) is 14.8. The lowest BCUT2D eigenvalue weighted by atomic mass is 9.53. The molecule has 15 heteroatoms. The molecule has 1 spiro atoms. The number of aromatic nitrogens is 3. The number of amides is 2. The average Bonchev–Trinajstić information content (AvgIpc) is 4.07. The Morgan fingerprint density at radius 2 is 1.67 bits per heavy atom. The van der Waals surface area contributed by atoms with Crippen LogP contribution in [0.25, 0.3) is 27.0 Å². The molecule has 0 unspecified atom stereocenters. The van der Waals surface area contributed by atoms with E-state index in [1.807, 2.05) is 76.5 Å². The molecule has 2 aromatic heterocycles. The summed E-state index contributed by atoms with van der Waals surface area (Å²) in [6, 6.07) is 20.0. The molecular weight excluding hydrogens is 989 g/mol. The number of hydrogen-bond acceptors (Lipinski definition) is 9. The second kappa shape index (κ2) is 18.8. The van der Waals surface area contributed by atoms with Crippen molar-refractivity contribution in [2.75, 3.05) is 26.2 Å². The molecule has 2 bridgehead atoms. The molecule has 5 aromatic rings. The number of fused-ring (bicyclic) bond motifs is 10. The SMILES string of the molecule is Cc1ncsc1-c1ccc([C@H](C)N[N+](=O)[C@@H]2C[C@@H](O)CN2C(=O)[C@@H](NC(=O)C23CCC(CN4CCC(c5ccc6c(c5)C5(CCCCC5)c5nc(=O)c7c(Br)cccc7n5-6)CC4)(CC2)CC3)C(C)(C)C)cc1. The van der Waals surface area contributed by atoms with Crippen molar-refractivity contribution in [1.29, 1.82) is 0 Å². The van der Waals surface area contributed by atoms with Crippen molar-refractivity contribution >= 4 is 50.0 Å². The first-order chi connectivity index (χ1) is 34.5. The van der Waals surface area contributed by atoms with Gasteiger partial charge in [-0.25, -0.2) is 4.98 Å². The molecule has 5 heterocycles. The van der Waals surface area contributed by atoms with Crippen LogP contribution >= 0.6 is 27.3 Å². The highest BCUT2D eigenvalue weighted by Gasteiger charge is 2.55. The number of likely N-dealkylation sites (tertiary alicyclic amines) is 2. The average molecular weight is 1060 g/mol. The molecule has 3 aliphatic heterocycles. The van der Waals surface area contributed by atoms with E-state index in [9.17, 15) is 24.4 Å². The number of hydrazine groups is 1. The Morgan fingerprint density at radius 1 is 0.958 bits per heavy atom. The maximum absolute atomic E-state index is 14.6. The minimum absolute atomic E-state index is 0.0224. The summed E-state index contributed by atoms with van der Waals surface area (Å²) in [7, 11) is 0. The van der Waals surface area contributed by atoms with Gasteiger partial charge in [0.2, 0.25) is 5.91 Å². The number of halogens is 1. The predicted octanol–water partition coefficient (Wildman–Crippen LogP) is 10.2. The molecule has 3 aromatic carbocycles. The highest BCUT2D eigenvalue weighted by Crippen LogP contribution is 2.58. The summed E-state index contributed by atoms with van der Waals surface area (Å²) < 4.78 is 3.07. The Balaban J connectivity index is 0.713. The van der Waals surface area contributed by atoms with Crippen molar-refractivity contribution in [1.82, 2.24) is 35.1 Å². The van der Waals surface area contributed by atoms with Gasteiger partial charge in [-0.1, -0.05) is 82.5 Å². The Labute approximate surface area is 435 Å². The summed E-state index contributed by atoms with van der Waals surface area (Å²) >= 11 is 5.24. The number of aryl methyl sites for hydroxylation is 1. The Hall–Kier alpha value is -4.83. The number of aliphatic hydroxyl groups is 1.